The molecule has 0 fully saturated rings. The summed E-state index contributed by atoms with van der Waals surface area (Å²) in [6.07, 6.45) is 0. The van der Waals surface area contributed by atoms with Gasteiger partial charge in [-0.2, -0.15) is 0 Å². The highest BCUT2D eigenvalue weighted by atomic mass is 32.2. The lowest BCUT2D eigenvalue weighted by molar-refractivity contribution is -0.120. The van der Waals surface area contributed by atoms with Crippen LogP contribution in [-0.4, -0.2) is 21.1 Å². The van der Waals surface area contributed by atoms with Crippen molar-refractivity contribution in [3.8, 4) is 11.1 Å². The van der Waals surface area contributed by atoms with E-state index >= 15 is 0 Å². The van der Waals surface area contributed by atoms with Crippen LogP contribution in [0.2, 0.25) is 0 Å². The van der Waals surface area contributed by atoms with Gasteiger partial charge in [0.15, 0.2) is 0 Å². The molecule has 1 amide bonds. The quantitative estimate of drug-likeness (QED) is 0.424. The van der Waals surface area contributed by atoms with Crippen molar-refractivity contribution >= 4 is 39.2 Å². The zero-order valence-electron chi connectivity index (χ0n) is 16.7. The van der Waals surface area contributed by atoms with E-state index in [-0.39, 0.29) is 29.1 Å². The summed E-state index contributed by atoms with van der Waals surface area (Å²) >= 11 is 2.79. The first-order chi connectivity index (χ1) is 15.0. The lowest BCUT2D eigenvalue weighted by atomic mass is 10.1. The van der Waals surface area contributed by atoms with Crippen molar-refractivity contribution in [2.45, 2.75) is 24.5 Å². The van der Waals surface area contributed by atoms with E-state index in [1.807, 2.05) is 35.7 Å². The van der Waals surface area contributed by atoms with E-state index in [2.05, 4.69) is 15.3 Å². The van der Waals surface area contributed by atoms with Crippen molar-refractivity contribution in [1.82, 2.24) is 15.3 Å². The number of hydrogen-bond donors (Lipinski definition) is 2. The molecule has 2 heterocycles. The van der Waals surface area contributed by atoms with Crippen LogP contribution >= 0.6 is 23.1 Å². The molecule has 31 heavy (non-hydrogen) atoms. The van der Waals surface area contributed by atoms with Crippen molar-refractivity contribution in [1.29, 1.82) is 0 Å². The van der Waals surface area contributed by atoms with Crippen LogP contribution in [0.5, 0.6) is 0 Å². The minimum Gasteiger partial charge on any atom is -0.351 e. The molecule has 5 nitrogen and oxygen atoms in total. The highest BCUT2D eigenvalue weighted by molar-refractivity contribution is 7.99. The van der Waals surface area contributed by atoms with Crippen LogP contribution in [0.25, 0.3) is 21.3 Å². The SMILES string of the molecule is C[C@@H](SCc1nc2scc(-c3ccccc3)c2c(=O)[nH]1)C(=O)NCc1ccccc1F. The standard InChI is InChI=1S/C23H20FN3O2S2/c1-14(21(28)25-11-16-9-5-6-10-18(16)24)30-13-19-26-22(29)20-17(12-31-23(20)27-19)15-7-3-2-4-8-15/h2-10,12,14H,11,13H2,1H3,(H,25,28)(H,26,27,29)/t14-/m1/s1. The molecule has 2 aromatic heterocycles. The number of nitrogens with one attached hydrogen (secondary N) is 2. The monoisotopic (exact) mass is 453 g/mol. The molecule has 8 heteroatoms. The second-order valence-electron chi connectivity index (χ2n) is 6.97. The molecule has 4 rings (SSSR count). The number of amides is 1. The van der Waals surface area contributed by atoms with E-state index in [0.29, 0.717) is 27.4 Å². The number of hydrogen-bond acceptors (Lipinski definition) is 5. The van der Waals surface area contributed by atoms with Crippen LogP contribution < -0.4 is 10.9 Å². The second-order valence-corrected chi connectivity index (χ2v) is 9.16. The van der Waals surface area contributed by atoms with Gasteiger partial charge in [-0.15, -0.1) is 23.1 Å². The van der Waals surface area contributed by atoms with E-state index in [4.69, 9.17) is 0 Å². The Bertz CT molecular complexity index is 1270. The Kier molecular flexibility index (Phi) is 6.48. The van der Waals surface area contributed by atoms with Gasteiger partial charge in [0, 0.05) is 23.1 Å². The number of H-pyrrole nitrogens is 1. The van der Waals surface area contributed by atoms with Gasteiger partial charge < -0.3 is 10.3 Å². The van der Waals surface area contributed by atoms with Crippen LogP contribution in [0.15, 0.2) is 64.8 Å². The van der Waals surface area contributed by atoms with Gasteiger partial charge >= 0.3 is 0 Å². The summed E-state index contributed by atoms with van der Waals surface area (Å²) in [6.45, 7) is 1.91. The van der Waals surface area contributed by atoms with Gasteiger partial charge in [0.25, 0.3) is 5.56 Å². The van der Waals surface area contributed by atoms with Gasteiger partial charge in [-0.25, -0.2) is 9.37 Å². The van der Waals surface area contributed by atoms with Gasteiger partial charge in [-0.3, -0.25) is 9.59 Å². The van der Waals surface area contributed by atoms with Crippen LogP contribution in [0.1, 0.15) is 18.3 Å². The molecule has 158 valence electrons. The number of thioether (sulfide) groups is 1. The summed E-state index contributed by atoms with van der Waals surface area (Å²) in [7, 11) is 0. The maximum atomic E-state index is 13.7. The third kappa shape index (κ3) is 4.86. The molecule has 0 aliphatic carbocycles. The third-order valence-electron chi connectivity index (χ3n) is 4.83. The number of rotatable bonds is 7. The summed E-state index contributed by atoms with van der Waals surface area (Å²) in [4.78, 5) is 33.2. The van der Waals surface area contributed by atoms with Gasteiger partial charge in [0.2, 0.25) is 5.91 Å². The van der Waals surface area contributed by atoms with Crippen molar-refractivity contribution in [2.24, 2.45) is 0 Å². The van der Waals surface area contributed by atoms with Gasteiger partial charge in [0.05, 0.1) is 16.4 Å². The Hall–Kier alpha value is -2.97. The maximum absolute atomic E-state index is 13.7. The van der Waals surface area contributed by atoms with E-state index in [0.717, 1.165) is 11.1 Å². The Balaban J connectivity index is 1.41. The molecular weight excluding hydrogens is 433 g/mol. The molecule has 4 aromatic rings. The number of nitrogens with zero attached hydrogens (tertiary/aromatic N) is 1. The molecule has 0 aliphatic rings. The van der Waals surface area contributed by atoms with Crippen molar-refractivity contribution in [3.63, 3.8) is 0 Å². The lowest BCUT2D eigenvalue weighted by Gasteiger charge is -2.12. The number of fused-ring (bicyclic) bond motifs is 1. The average Bonchev–Trinajstić information content (AvgIpc) is 3.22. The first-order valence-corrected chi connectivity index (χ1v) is 11.6. The fourth-order valence-corrected chi connectivity index (χ4v) is 4.89. The maximum Gasteiger partial charge on any atom is 0.260 e. The molecule has 0 saturated carbocycles. The van der Waals surface area contributed by atoms with E-state index in [1.54, 1.807) is 25.1 Å². The summed E-state index contributed by atoms with van der Waals surface area (Å²) in [5.41, 5.74) is 2.10. The van der Waals surface area contributed by atoms with Crippen molar-refractivity contribution in [3.05, 3.63) is 87.5 Å². The zero-order valence-corrected chi connectivity index (χ0v) is 18.4. The first-order valence-electron chi connectivity index (χ1n) is 9.71. The van der Waals surface area contributed by atoms with Crippen molar-refractivity contribution < 1.29 is 9.18 Å². The number of aromatic amines is 1. The number of halogens is 1. The van der Waals surface area contributed by atoms with Crippen LogP contribution in [0.4, 0.5) is 4.39 Å². The number of aromatic nitrogens is 2. The Morgan fingerprint density at radius 3 is 2.71 bits per heavy atom. The Morgan fingerprint density at radius 1 is 1.19 bits per heavy atom. The summed E-state index contributed by atoms with van der Waals surface area (Å²) < 4.78 is 13.7. The topological polar surface area (TPSA) is 74.8 Å². The number of carbonyl (C=O) groups is 1. The second kappa shape index (κ2) is 9.45. The predicted molar refractivity (Wildman–Crippen MR) is 125 cm³/mol. The molecule has 1 atom stereocenters. The highest BCUT2D eigenvalue weighted by Gasteiger charge is 2.16. The summed E-state index contributed by atoms with van der Waals surface area (Å²) in [5.74, 6) is 0.374. The summed E-state index contributed by atoms with van der Waals surface area (Å²) in [6, 6.07) is 16.1. The molecular formula is C23H20FN3O2S2. The Labute approximate surface area is 186 Å². The van der Waals surface area contributed by atoms with E-state index in [1.165, 1.54) is 29.2 Å². The number of carbonyl (C=O) groups excluding carboxylic acids is 1. The summed E-state index contributed by atoms with van der Waals surface area (Å²) in [5, 5.41) is 4.90. The first kappa shape index (κ1) is 21.3. The smallest absolute Gasteiger partial charge is 0.260 e. The average molecular weight is 454 g/mol. The normalized spacial score (nSPS) is 12.1. The minimum atomic E-state index is -0.379. The van der Waals surface area contributed by atoms with Gasteiger partial charge in [-0.05, 0) is 18.6 Å². The molecule has 0 aliphatic heterocycles. The fraction of sp³-hybridized carbons (Fsp3) is 0.174. The van der Waals surface area contributed by atoms with E-state index < -0.39 is 0 Å². The highest BCUT2D eigenvalue weighted by Crippen LogP contribution is 2.30. The molecule has 0 unspecified atom stereocenters. The van der Waals surface area contributed by atoms with Crippen LogP contribution in [-0.2, 0) is 17.1 Å². The molecule has 2 aromatic carbocycles. The molecule has 0 bridgehead atoms. The zero-order chi connectivity index (χ0) is 21.8. The number of thiophene rings is 1. The largest absolute Gasteiger partial charge is 0.351 e. The Morgan fingerprint density at radius 2 is 1.94 bits per heavy atom. The minimum absolute atomic E-state index is 0.134. The molecule has 0 saturated heterocycles. The van der Waals surface area contributed by atoms with Crippen LogP contribution in [0, 0.1) is 5.82 Å². The third-order valence-corrected chi connectivity index (χ3v) is 6.85. The molecule has 0 radical (unpaired) electrons. The fourth-order valence-electron chi connectivity index (χ4n) is 3.14. The van der Waals surface area contributed by atoms with Gasteiger partial charge in [-0.1, -0.05) is 48.5 Å². The van der Waals surface area contributed by atoms with E-state index in [9.17, 15) is 14.0 Å². The molecule has 2 N–H and O–H groups in total. The lowest BCUT2D eigenvalue weighted by Crippen LogP contribution is -2.30. The van der Waals surface area contributed by atoms with Crippen molar-refractivity contribution in [2.75, 3.05) is 0 Å². The van der Waals surface area contributed by atoms with Crippen LogP contribution in [0.3, 0.4) is 0 Å². The van der Waals surface area contributed by atoms with Gasteiger partial charge in [0.1, 0.15) is 16.5 Å². The predicted octanol–water partition coefficient (Wildman–Crippen LogP) is 4.73. The number of benzene rings is 2. The molecule has 0 spiro atoms.